The van der Waals surface area contributed by atoms with Gasteiger partial charge in [0.1, 0.15) is 0 Å². The molecule has 0 heterocycles. The second-order valence-electron chi connectivity index (χ2n) is 4.77. The molecule has 1 atom stereocenters. The lowest BCUT2D eigenvalue weighted by molar-refractivity contribution is -0.385. The lowest BCUT2D eigenvalue weighted by Crippen LogP contribution is -2.39. The summed E-state index contributed by atoms with van der Waals surface area (Å²) in [5.74, 6) is 0. The fourth-order valence-corrected chi connectivity index (χ4v) is 3.43. The van der Waals surface area contributed by atoms with Crippen molar-refractivity contribution < 1.29 is 13.3 Å². The van der Waals surface area contributed by atoms with Crippen LogP contribution in [0, 0.1) is 24.0 Å². The maximum atomic E-state index is 12.5. The average molecular weight is 338 g/mol. The third-order valence-corrected chi connectivity index (χ3v) is 5.42. The highest BCUT2D eigenvalue weighted by Gasteiger charge is 2.28. The van der Waals surface area contributed by atoms with Crippen molar-refractivity contribution in [2.45, 2.75) is 31.7 Å². The van der Waals surface area contributed by atoms with Gasteiger partial charge in [0, 0.05) is 31.3 Å². The first-order chi connectivity index (χ1) is 9.12. The molecule has 1 unspecified atom stereocenters. The highest BCUT2D eigenvalue weighted by Crippen LogP contribution is 2.28. The molecule has 21 heavy (non-hydrogen) atoms. The molecule has 0 bridgehead atoms. The van der Waals surface area contributed by atoms with E-state index in [1.165, 1.54) is 13.1 Å². The first-order valence-electron chi connectivity index (χ1n) is 6.06. The number of nitrogens with two attached hydrogens (primary N) is 1. The highest BCUT2D eigenvalue weighted by molar-refractivity contribution is 7.89. The minimum absolute atomic E-state index is 0. The van der Waals surface area contributed by atoms with Gasteiger partial charge in [-0.05, 0) is 32.4 Å². The molecule has 0 spiro atoms. The molecule has 0 aliphatic heterocycles. The number of hydrogen-bond donors (Lipinski definition) is 1. The number of rotatable bonds is 5. The molecule has 0 aliphatic rings. The Balaban J connectivity index is 0.00000400. The van der Waals surface area contributed by atoms with Gasteiger partial charge < -0.3 is 5.73 Å². The van der Waals surface area contributed by atoms with E-state index in [0.29, 0.717) is 11.1 Å². The molecule has 1 rings (SSSR count). The highest BCUT2D eigenvalue weighted by atomic mass is 35.5. The van der Waals surface area contributed by atoms with E-state index < -0.39 is 14.9 Å². The van der Waals surface area contributed by atoms with Crippen molar-refractivity contribution in [2.24, 2.45) is 5.73 Å². The van der Waals surface area contributed by atoms with Gasteiger partial charge in [-0.2, -0.15) is 4.31 Å². The third kappa shape index (κ3) is 3.91. The first kappa shape index (κ1) is 19.8. The molecular formula is C12H20ClN3O4S. The molecule has 0 amide bonds. The molecule has 0 fully saturated rings. The molecule has 2 N–H and O–H groups in total. The van der Waals surface area contributed by atoms with Crippen LogP contribution in [0.5, 0.6) is 0 Å². The number of nitro groups is 1. The van der Waals surface area contributed by atoms with Crippen LogP contribution >= 0.6 is 12.4 Å². The fourth-order valence-electron chi connectivity index (χ4n) is 1.84. The third-order valence-electron chi connectivity index (χ3n) is 3.31. The van der Waals surface area contributed by atoms with Gasteiger partial charge in [0.2, 0.25) is 10.0 Å². The molecule has 7 nitrogen and oxygen atoms in total. The standard InChI is InChI=1S/C12H19N3O4S.ClH/c1-8-5-9(2)12(6-11(8)15(16)17)20(18,19)14(4)10(3)7-13;/h5-6,10H,7,13H2,1-4H3;1H. The molecule has 1 aromatic rings. The minimum Gasteiger partial charge on any atom is -0.329 e. The molecule has 0 radical (unpaired) electrons. The quantitative estimate of drug-likeness (QED) is 0.648. The van der Waals surface area contributed by atoms with E-state index in [9.17, 15) is 18.5 Å². The summed E-state index contributed by atoms with van der Waals surface area (Å²) in [4.78, 5) is 10.3. The van der Waals surface area contributed by atoms with Crippen molar-refractivity contribution in [1.29, 1.82) is 0 Å². The van der Waals surface area contributed by atoms with Gasteiger partial charge in [-0.25, -0.2) is 8.42 Å². The second kappa shape index (κ2) is 7.17. The van der Waals surface area contributed by atoms with E-state index in [1.807, 2.05) is 0 Å². The van der Waals surface area contributed by atoms with Gasteiger partial charge in [0.15, 0.2) is 0 Å². The Labute approximate surface area is 130 Å². The predicted molar refractivity (Wildman–Crippen MR) is 83.3 cm³/mol. The van der Waals surface area contributed by atoms with Gasteiger partial charge in [0.25, 0.3) is 5.69 Å². The van der Waals surface area contributed by atoms with E-state index in [1.54, 1.807) is 20.8 Å². The second-order valence-corrected chi connectivity index (χ2v) is 6.73. The number of nitrogens with zero attached hydrogens (tertiary/aromatic N) is 2. The summed E-state index contributed by atoms with van der Waals surface area (Å²) in [6, 6.07) is 2.23. The van der Waals surface area contributed by atoms with Crippen molar-refractivity contribution >= 4 is 28.1 Å². The summed E-state index contributed by atoms with van der Waals surface area (Å²) >= 11 is 0. The summed E-state index contributed by atoms with van der Waals surface area (Å²) in [6.45, 7) is 5.04. The molecule has 120 valence electrons. The van der Waals surface area contributed by atoms with E-state index in [0.717, 1.165) is 10.4 Å². The van der Waals surface area contributed by atoms with Crippen molar-refractivity contribution in [3.05, 3.63) is 33.4 Å². The molecule has 9 heteroatoms. The van der Waals surface area contributed by atoms with Crippen LogP contribution in [0.4, 0.5) is 5.69 Å². The Hall–Kier alpha value is -1.22. The van der Waals surface area contributed by atoms with Crippen LogP contribution in [0.3, 0.4) is 0 Å². The van der Waals surface area contributed by atoms with Crippen molar-refractivity contribution in [3.8, 4) is 0 Å². The largest absolute Gasteiger partial charge is 0.329 e. The Morgan fingerprint density at radius 2 is 1.86 bits per heavy atom. The minimum atomic E-state index is -3.80. The Morgan fingerprint density at radius 1 is 1.33 bits per heavy atom. The summed E-state index contributed by atoms with van der Waals surface area (Å²) in [5, 5.41) is 10.9. The molecule has 0 saturated carbocycles. The van der Waals surface area contributed by atoms with Gasteiger partial charge >= 0.3 is 0 Å². The summed E-state index contributed by atoms with van der Waals surface area (Å²) in [6.07, 6.45) is 0. The van der Waals surface area contributed by atoms with Gasteiger partial charge in [-0.1, -0.05) is 0 Å². The summed E-state index contributed by atoms with van der Waals surface area (Å²) in [7, 11) is -2.39. The SMILES string of the molecule is Cc1cc(C)c(S(=O)(=O)N(C)C(C)CN)cc1[N+](=O)[O-].Cl. The summed E-state index contributed by atoms with van der Waals surface area (Å²) in [5.41, 5.74) is 6.18. The van der Waals surface area contributed by atoms with Crippen molar-refractivity contribution in [1.82, 2.24) is 4.31 Å². The van der Waals surface area contributed by atoms with Crippen molar-refractivity contribution in [2.75, 3.05) is 13.6 Å². The lowest BCUT2D eigenvalue weighted by atomic mass is 10.1. The van der Waals surface area contributed by atoms with Crippen LogP contribution < -0.4 is 5.73 Å². The Kier molecular flexibility index (Phi) is 6.75. The monoisotopic (exact) mass is 337 g/mol. The van der Waals surface area contributed by atoms with E-state index in [2.05, 4.69) is 0 Å². The number of aryl methyl sites for hydroxylation is 2. The number of benzene rings is 1. The van der Waals surface area contributed by atoms with E-state index >= 15 is 0 Å². The maximum absolute atomic E-state index is 12.5. The number of halogens is 1. The van der Waals surface area contributed by atoms with Gasteiger partial charge in [-0.15, -0.1) is 12.4 Å². The van der Waals surface area contributed by atoms with Gasteiger partial charge in [-0.3, -0.25) is 10.1 Å². The first-order valence-corrected chi connectivity index (χ1v) is 7.50. The zero-order chi connectivity index (χ0) is 15.7. The zero-order valence-corrected chi connectivity index (χ0v) is 14.0. The van der Waals surface area contributed by atoms with Gasteiger partial charge in [0.05, 0.1) is 9.82 Å². The lowest BCUT2D eigenvalue weighted by Gasteiger charge is -2.23. The molecule has 1 aromatic carbocycles. The van der Waals surface area contributed by atoms with Crippen LogP contribution in [0.25, 0.3) is 0 Å². The van der Waals surface area contributed by atoms with Crippen LogP contribution in [0.1, 0.15) is 18.1 Å². The fraction of sp³-hybridized carbons (Fsp3) is 0.500. The molecular weight excluding hydrogens is 318 g/mol. The topological polar surface area (TPSA) is 107 Å². The molecule has 0 saturated heterocycles. The average Bonchev–Trinajstić information content (AvgIpc) is 2.35. The molecule has 0 aliphatic carbocycles. The summed E-state index contributed by atoms with van der Waals surface area (Å²) < 4.78 is 26.1. The van der Waals surface area contributed by atoms with Crippen LogP contribution in [-0.4, -0.2) is 37.3 Å². The normalized spacial score (nSPS) is 12.9. The number of sulfonamides is 1. The number of nitro benzene ring substituents is 1. The smallest absolute Gasteiger partial charge is 0.273 e. The number of likely N-dealkylation sites (N-methyl/N-ethyl adjacent to an activating group) is 1. The van der Waals surface area contributed by atoms with E-state index in [4.69, 9.17) is 5.73 Å². The van der Waals surface area contributed by atoms with Crippen LogP contribution in [0.15, 0.2) is 17.0 Å². The Morgan fingerprint density at radius 3 is 2.29 bits per heavy atom. The zero-order valence-electron chi connectivity index (χ0n) is 12.4. The Bertz CT molecular complexity index is 634. The molecule has 0 aromatic heterocycles. The predicted octanol–water partition coefficient (Wildman–Crippen LogP) is 1.60. The van der Waals surface area contributed by atoms with E-state index in [-0.39, 0.29) is 35.6 Å². The maximum Gasteiger partial charge on any atom is 0.273 e. The van der Waals surface area contributed by atoms with Crippen LogP contribution in [0.2, 0.25) is 0 Å². The van der Waals surface area contributed by atoms with Crippen molar-refractivity contribution in [3.63, 3.8) is 0 Å². The van der Waals surface area contributed by atoms with Crippen LogP contribution in [-0.2, 0) is 10.0 Å². The number of hydrogen-bond acceptors (Lipinski definition) is 5.